The lowest BCUT2D eigenvalue weighted by atomic mass is 10.2. The van der Waals surface area contributed by atoms with Gasteiger partial charge in [-0.05, 0) is 17.7 Å². The summed E-state index contributed by atoms with van der Waals surface area (Å²) in [5, 5.41) is 8.33. The van der Waals surface area contributed by atoms with Crippen LogP contribution in [0, 0.1) is 5.82 Å². The molecule has 118 valence electrons. The lowest BCUT2D eigenvalue weighted by Crippen LogP contribution is -2.28. The molecule has 0 bridgehead atoms. The first-order valence-electron chi connectivity index (χ1n) is 6.54. The molecule has 1 aromatic carbocycles. The normalized spacial score (nSPS) is 10.5. The number of carbonyl (C=O) groups is 1. The van der Waals surface area contributed by atoms with Crippen molar-refractivity contribution in [2.45, 2.75) is 11.7 Å². The van der Waals surface area contributed by atoms with Crippen molar-refractivity contribution < 1.29 is 13.9 Å². The van der Waals surface area contributed by atoms with E-state index in [1.165, 1.54) is 24.9 Å². The van der Waals surface area contributed by atoms with Crippen molar-refractivity contribution in [3.63, 3.8) is 0 Å². The average molecular weight is 324 g/mol. The number of nitrogens with zero attached hydrogens (tertiary/aromatic N) is 4. The van der Waals surface area contributed by atoms with Crippen molar-refractivity contribution in [2.75, 3.05) is 19.9 Å². The minimum absolute atomic E-state index is 0.0655. The summed E-state index contributed by atoms with van der Waals surface area (Å²) in [7, 11) is 4.91. The first-order chi connectivity index (χ1) is 10.5. The van der Waals surface area contributed by atoms with Crippen molar-refractivity contribution >= 4 is 17.7 Å². The number of hydrogen-bond donors (Lipinski definition) is 0. The predicted molar refractivity (Wildman–Crippen MR) is 81.2 cm³/mol. The third-order valence-corrected chi connectivity index (χ3v) is 4.08. The molecule has 0 saturated heterocycles. The lowest BCUT2D eigenvalue weighted by Gasteiger charge is -2.17. The van der Waals surface area contributed by atoms with E-state index in [1.807, 2.05) is 7.05 Å². The fourth-order valence-corrected chi connectivity index (χ4v) is 2.64. The van der Waals surface area contributed by atoms with Gasteiger partial charge >= 0.3 is 0 Å². The van der Waals surface area contributed by atoms with Crippen molar-refractivity contribution in [1.82, 2.24) is 19.7 Å². The molecule has 1 amide bonds. The highest BCUT2D eigenvalue weighted by Gasteiger charge is 2.13. The van der Waals surface area contributed by atoms with Crippen LogP contribution in [-0.2, 0) is 18.4 Å². The van der Waals surface area contributed by atoms with E-state index < -0.39 is 5.82 Å². The SMILES string of the molecule is COc1ccc(CN(C)C(=O)CSc2nncn2C)cc1F. The van der Waals surface area contributed by atoms with Crippen LogP contribution in [0.4, 0.5) is 4.39 Å². The van der Waals surface area contributed by atoms with E-state index in [0.29, 0.717) is 17.3 Å². The molecule has 0 saturated carbocycles. The molecule has 0 aliphatic heterocycles. The Hall–Kier alpha value is -2.09. The number of hydrogen-bond acceptors (Lipinski definition) is 5. The largest absolute Gasteiger partial charge is 0.494 e. The van der Waals surface area contributed by atoms with Gasteiger partial charge in [-0.25, -0.2) is 4.39 Å². The van der Waals surface area contributed by atoms with Crippen LogP contribution in [0.5, 0.6) is 5.75 Å². The van der Waals surface area contributed by atoms with Gasteiger partial charge in [0.25, 0.3) is 0 Å². The topological polar surface area (TPSA) is 60.2 Å². The number of aromatic nitrogens is 3. The fraction of sp³-hybridized carbons (Fsp3) is 0.357. The van der Waals surface area contributed by atoms with Gasteiger partial charge in [0.1, 0.15) is 6.33 Å². The van der Waals surface area contributed by atoms with E-state index in [9.17, 15) is 9.18 Å². The zero-order valence-electron chi connectivity index (χ0n) is 12.6. The quantitative estimate of drug-likeness (QED) is 0.757. The van der Waals surface area contributed by atoms with Crippen molar-refractivity contribution in [2.24, 2.45) is 7.05 Å². The molecule has 0 atom stereocenters. The second-order valence-corrected chi connectivity index (χ2v) is 5.67. The standard InChI is InChI=1S/C14H17FN4O2S/c1-18(7-10-4-5-12(21-3)11(15)6-10)13(20)8-22-14-17-16-9-19(14)2/h4-6,9H,7-8H2,1-3H3. The highest BCUT2D eigenvalue weighted by atomic mass is 32.2. The molecule has 0 aliphatic rings. The Morgan fingerprint density at radius 2 is 2.27 bits per heavy atom. The number of carbonyl (C=O) groups excluding carboxylic acids is 1. The number of ether oxygens (including phenoxy) is 1. The highest BCUT2D eigenvalue weighted by Crippen LogP contribution is 2.19. The van der Waals surface area contributed by atoms with E-state index in [2.05, 4.69) is 10.2 Å². The summed E-state index contributed by atoms with van der Waals surface area (Å²) in [5.74, 6) is -0.0594. The minimum atomic E-state index is -0.436. The molecule has 6 nitrogen and oxygen atoms in total. The Bertz CT molecular complexity index is 662. The molecule has 1 heterocycles. The first-order valence-corrected chi connectivity index (χ1v) is 7.53. The molecule has 0 fully saturated rings. The van der Waals surface area contributed by atoms with Crippen LogP contribution in [0.25, 0.3) is 0 Å². The van der Waals surface area contributed by atoms with Crippen molar-refractivity contribution in [3.05, 3.63) is 35.9 Å². The third kappa shape index (κ3) is 3.97. The molecule has 0 N–H and O–H groups in total. The smallest absolute Gasteiger partial charge is 0.233 e. The van der Waals surface area contributed by atoms with E-state index in [1.54, 1.807) is 35.0 Å². The molecule has 22 heavy (non-hydrogen) atoms. The summed E-state index contributed by atoms with van der Waals surface area (Å²) in [5.41, 5.74) is 0.706. The Kier molecular flexibility index (Phi) is 5.37. The van der Waals surface area contributed by atoms with Gasteiger partial charge < -0.3 is 14.2 Å². The summed E-state index contributed by atoms with van der Waals surface area (Å²) in [6, 6.07) is 4.66. The number of aryl methyl sites for hydroxylation is 1. The second kappa shape index (κ2) is 7.26. The maximum absolute atomic E-state index is 13.6. The fourth-order valence-electron chi connectivity index (χ4n) is 1.81. The van der Waals surface area contributed by atoms with Crippen LogP contribution in [0.3, 0.4) is 0 Å². The van der Waals surface area contributed by atoms with Gasteiger partial charge in [-0.3, -0.25) is 4.79 Å². The summed E-state index contributed by atoms with van der Waals surface area (Å²) >= 11 is 1.31. The Morgan fingerprint density at radius 3 is 2.86 bits per heavy atom. The van der Waals surface area contributed by atoms with Gasteiger partial charge in [0.05, 0.1) is 12.9 Å². The first kappa shape index (κ1) is 16.3. The number of amides is 1. The predicted octanol–water partition coefficient (Wildman–Crippen LogP) is 1.71. The maximum atomic E-state index is 13.6. The third-order valence-electron chi connectivity index (χ3n) is 3.06. The van der Waals surface area contributed by atoms with Gasteiger partial charge in [0.15, 0.2) is 16.7 Å². The van der Waals surface area contributed by atoms with Crippen molar-refractivity contribution in [3.8, 4) is 5.75 Å². The number of halogens is 1. The summed E-state index contributed by atoms with van der Waals surface area (Å²) in [6.45, 7) is 0.332. The van der Waals surface area contributed by atoms with Gasteiger partial charge in [0, 0.05) is 20.6 Å². The number of rotatable bonds is 6. The monoisotopic (exact) mass is 324 g/mol. The summed E-state index contributed by atoms with van der Waals surface area (Å²) in [6.07, 6.45) is 1.58. The van der Waals surface area contributed by atoms with E-state index in [-0.39, 0.29) is 17.4 Å². The maximum Gasteiger partial charge on any atom is 0.233 e. The molecule has 2 aromatic rings. The molecular formula is C14H17FN4O2S. The Labute approximate surface area is 132 Å². The van der Waals surface area contributed by atoms with Crippen LogP contribution < -0.4 is 4.74 Å². The lowest BCUT2D eigenvalue weighted by molar-refractivity contribution is -0.127. The molecule has 2 rings (SSSR count). The Morgan fingerprint density at radius 1 is 1.50 bits per heavy atom. The van der Waals surface area contributed by atoms with Gasteiger partial charge in [-0.15, -0.1) is 10.2 Å². The average Bonchev–Trinajstić information content (AvgIpc) is 2.90. The molecule has 1 aromatic heterocycles. The van der Waals surface area contributed by atoms with E-state index >= 15 is 0 Å². The van der Waals surface area contributed by atoms with Crippen LogP contribution in [0.15, 0.2) is 29.7 Å². The van der Waals surface area contributed by atoms with Crippen LogP contribution in [0.1, 0.15) is 5.56 Å². The number of benzene rings is 1. The molecular weight excluding hydrogens is 307 g/mol. The molecule has 0 spiro atoms. The number of thioether (sulfide) groups is 1. The molecule has 8 heteroatoms. The van der Waals surface area contributed by atoms with E-state index in [4.69, 9.17) is 4.74 Å². The Balaban J connectivity index is 1.91. The van der Waals surface area contributed by atoms with Gasteiger partial charge in [-0.1, -0.05) is 17.8 Å². The zero-order valence-corrected chi connectivity index (χ0v) is 13.4. The van der Waals surface area contributed by atoms with Crippen LogP contribution >= 0.6 is 11.8 Å². The molecule has 0 aliphatic carbocycles. The number of methoxy groups -OCH3 is 1. The molecule has 0 unspecified atom stereocenters. The second-order valence-electron chi connectivity index (χ2n) is 4.73. The van der Waals surface area contributed by atoms with Crippen LogP contribution in [-0.4, -0.2) is 45.5 Å². The van der Waals surface area contributed by atoms with Gasteiger partial charge in [0.2, 0.25) is 5.91 Å². The van der Waals surface area contributed by atoms with E-state index in [0.717, 1.165) is 0 Å². The molecule has 0 radical (unpaired) electrons. The van der Waals surface area contributed by atoms with Gasteiger partial charge in [-0.2, -0.15) is 0 Å². The summed E-state index contributed by atoms with van der Waals surface area (Å²) in [4.78, 5) is 13.6. The minimum Gasteiger partial charge on any atom is -0.494 e. The van der Waals surface area contributed by atoms with Crippen LogP contribution in [0.2, 0.25) is 0 Å². The summed E-state index contributed by atoms with van der Waals surface area (Å²) < 4.78 is 20.2. The van der Waals surface area contributed by atoms with Crippen molar-refractivity contribution in [1.29, 1.82) is 0 Å². The highest BCUT2D eigenvalue weighted by molar-refractivity contribution is 7.99. The zero-order chi connectivity index (χ0) is 16.1.